The van der Waals surface area contributed by atoms with Gasteiger partial charge in [-0.1, -0.05) is 42.5 Å². The SMILES string of the molecule is S=C(Nc1cccc(-c2ccccc2)c1)Nc1ccc(Br)cn1. The highest BCUT2D eigenvalue weighted by molar-refractivity contribution is 9.10. The van der Waals surface area contributed by atoms with E-state index in [1.165, 1.54) is 5.56 Å². The molecule has 0 aliphatic carbocycles. The van der Waals surface area contributed by atoms with E-state index in [9.17, 15) is 0 Å². The quantitative estimate of drug-likeness (QED) is 0.600. The molecule has 0 fully saturated rings. The van der Waals surface area contributed by atoms with Crippen molar-refractivity contribution in [1.29, 1.82) is 0 Å². The van der Waals surface area contributed by atoms with Gasteiger partial charge in [0, 0.05) is 16.4 Å². The van der Waals surface area contributed by atoms with Crippen molar-refractivity contribution < 1.29 is 0 Å². The topological polar surface area (TPSA) is 37.0 Å². The Hall–Kier alpha value is -2.24. The van der Waals surface area contributed by atoms with Crippen LogP contribution in [0.1, 0.15) is 0 Å². The molecule has 3 aromatic rings. The Bertz CT molecular complexity index is 804. The molecule has 0 unspecified atom stereocenters. The van der Waals surface area contributed by atoms with Crippen LogP contribution in [0.15, 0.2) is 77.4 Å². The summed E-state index contributed by atoms with van der Waals surface area (Å²) >= 11 is 8.69. The van der Waals surface area contributed by atoms with E-state index in [-0.39, 0.29) is 0 Å². The van der Waals surface area contributed by atoms with Crippen LogP contribution in [-0.2, 0) is 0 Å². The van der Waals surface area contributed by atoms with E-state index in [0.29, 0.717) is 10.9 Å². The van der Waals surface area contributed by atoms with E-state index in [1.807, 2.05) is 42.5 Å². The Labute approximate surface area is 148 Å². The number of benzene rings is 2. The first-order valence-corrected chi connectivity index (χ1v) is 8.26. The number of aromatic nitrogens is 1. The van der Waals surface area contributed by atoms with E-state index in [1.54, 1.807) is 6.20 Å². The molecule has 0 saturated heterocycles. The summed E-state index contributed by atoms with van der Waals surface area (Å²) in [4.78, 5) is 4.24. The summed E-state index contributed by atoms with van der Waals surface area (Å²) in [6.07, 6.45) is 1.72. The van der Waals surface area contributed by atoms with Crippen LogP contribution in [0.5, 0.6) is 0 Å². The lowest BCUT2D eigenvalue weighted by Crippen LogP contribution is -2.19. The fourth-order valence-corrected chi connectivity index (χ4v) is 2.59. The molecule has 2 aromatic carbocycles. The molecule has 23 heavy (non-hydrogen) atoms. The molecule has 5 heteroatoms. The number of rotatable bonds is 3. The van der Waals surface area contributed by atoms with Gasteiger partial charge >= 0.3 is 0 Å². The van der Waals surface area contributed by atoms with Gasteiger partial charge in [0.15, 0.2) is 5.11 Å². The zero-order chi connectivity index (χ0) is 16.1. The minimum absolute atomic E-state index is 0.505. The van der Waals surface area contributed by atoms with Gasteiger partial charge in [0.05, 0.1) is 0 Å². The second-order valence-electron chi connectivity index (χ2n) is 4.89. The summed E-state index contributed by atoms with van der Waals surface area (Å²) in [7, 11) is 0. The molecule has 1 heterocycles. The highest BCUT2D eigenvalue weighted by atomic mass is 79.9. The summed E-state index contributed by atoms with van der Waals surface area (Å²) in [5, 5.41) is 6.75. The van der Waals surface area contributed by atoms with Crippen LogP contribution in [0, 0.1) is 0 Å². The van der Waals surface area contributed by atoms with Crippen LogP contribution in [0.2, 0.25) is 0 Å². The van der Waals surface area contributed by atoms with Gasteiger partial charge in [-0.15, -0.1) is 0 Å². The largest absolute Gasteiger partial charge is 0.332 e. The van der Waals surface area contributed by atoms with Crippen molar-refractivity contribution in [3.8, 4) is 11.1 Å². The molecular formula is C18H14BrN3S. The lowest BCUT2D eigenvalue weighted by Gasteiger charge is -2.11. The lowest BCUT2D eigenvalue weighted by molar-refractivity contribution is 1.31. The first kappa shape index (κ1) is 15.6. The standard InChI is InChI=1S/C18H14BrN3S/c19-15-9-10-17(20-12-15)22-18(23)21-16-8-4-7-14(11-16)13-5-2-1-3-6-13/h1-12H,(H2,20,21,22,23). The van der Waals surface area contributed by atoms with Crippen LogP contribution >= 0.6 is 28.1 Å². The molecule has 0 aliphatic rings. The van der Waals surface area contributed by atoms with Crippen LogP contribution in [-0.4, -0.2) is 10.1 Å². The second kappa shape index (κ2) is 7.35. The molecule has 3 rings (SSSR count). The van der Waals surface area contributed by atoms with Crippen LogP contribution in [0.4, 0.5) is 11.5 Å². The van der Waals surface area contributed by atoms with Crippen molar-refractivity contribution in [2.24, 2.45) is 0 Å². The monoisotopic (exact) mass is 383 g/mol. The van der Waals surface area contributed by atoms with E-state index in [4.69, 9.17) is 12.2 Å². The lowest BCUT2D eigenvalue weighted by atomic mass is 10.1. The Kier molecular flexibility index (Phi) is 5.00. The van der Waals surface area contributed by atoms with Gasteiger partial charge in [-0.3, -0.25) is 0 Å². The van der Waals surface area contributed by atoms with E-state index < -0.39 is 0 Å². The normalized spacial score (nSPS) is 10.1. The zero-order valence-electron chi connectivity index (χ0n) is 12.2. The third-order valence-electron chi connectivity index (χ3n) is 3.20. The number of nitrogens with zero attached hydrogens (tertiary/aromatic N) is 1. The maximum absolute atomic E-state index is 5.34. The van der Waals surface area contributed by atoms with E-state index in [2.05, 4.69) is 55.8 Å². The fourth-order valence-electron chi connectivity index (χ4n) is 2.14. The van der Waals surface area contributed by atoms with Crippen molar-refractivity contribution in [2.75, 3.05) is 10.6 Å². The first-order chi connectivity index (χ1) is 11.2. The zero-order valence-corrected chi connectivity index (χ0v) is 14.6. The average molecular weight is 384 g/mol. The van der Waals surface area contributed by atoms with Crippen LogP contribution in [0.25, 0.3) is 11.1 Å². The van der Waals surface area contributed by atoms with Crippen molar-refractivity contribution in [1.82, 2.24) is 4.98 Å². The third kappa shape index (κ3) is 4.37. The number of thiocarbonyl (C=S) groups is 1. The van der Waals surface area contributed by atoms with Gasteiger partial charge in [0.2, 0.25) is 0 Å². The molecule has 0 amide bonds. The number of hydrogen-bond acceptors (Lipinski definition) is 2. The number of anilines is 2. The molecule has 0 radical (unpaired) electrons. The fraction of sp³-hybridized carbons (Fsp3) is 0. The van der Waals surface area contributed by atoms with Crippen LogP contribution in [0.3, 0.4) is 0 Å². The molecule has 2 N–H and O–H groups in total. The Balaban J connectivity index is 1.70. The summed E-state index contributed by atoms with van der Waals surface area (Å²) in [6.45, 7) is 0. The van der Waals surface area contributed by atoms with Crippen LogP contribution < -0.4 is 10.6 Å². The highest BCUT2D eigenvalue weighted by Gasteiger charge is 2.02. The molecule has 3 nitrogen and oxygen atoms in total. The molecule has 0 saturated carbocycles. The number of hydrogen-bond donors (Lipinski definition) is 2. The molecule has 1 aromatic heterocycles. The molecule has 114 valence electrons. The smallest absolute Gasteiger partial charge is 0.176 e. The molecular weight excluding hydrogens is 370 g/mol. The summed E-state index contributed by atoms with van der Waals surface area (Å²) < 4.78 is 0.928. The maximum Gasteiger partial charge on any atom is 0.176 e. The summed E-state index contributed by atoms with van der Waals surface area (Å²) in [6, 6.07) is 22.1. The highest BCUT2D eigenvalue weighted by Crippen LogP contribution is 2.22. The first-order valence-electron chi connectivity index (χ1n) is 7.06. The van der Waals surface area contributed by atoms with Gasteiger partial charge in [0.1, 0.15) is 5.82 Å². The summed E-state index contributed by atoms with van der Waals surface area (Å²) in [5.74, 6) is 0.699. The third-order valence-corrected chi connectivity index (χ3v) is 3.87. The van der Waals surface area contributed by atoms with Gasteiger partial charge in [-0.25, -0.2) is 4.98 Å². The second-order valence-corrected chi connectivity index (χ2v) is 6.21. The predicted octanol–water partition coefficient (Wildman–Crippen LogP) is 5.32. The number of halogens is 1. The van der Waals surface area contributed by atoms with Gasteiger partial charge < -0.3 is 10.6 Å². The number of nitrogens with one attached hydrogen (secondary N) is 2. The number of pyridine rings is 1. The predicted molar refractivity (Wildman–Crippen MR) is 104 cm³/mol. The van der Waals surface area contributed by atoms with Crippen molar-refractivity contribution in [3.05, 3.63) is 77.4 Å². The molecule has 0 spiro atoms. The molecule has 0 atom stereocenters. The van der Waals surface area contributed by atoms with Gasteiger partial charge in [-0.05, 0) is 63.5 Å². The van der Waals surface area contributed by atoms with Gasteiger partial charge in [0.25, 0.3) is 0 Å². The Morgan fingerprint density at radius 1 is 0.870 bits per heavy atom. The summed E-state index contributed by atoms with van der Waals surface area (Å²) in [5.41, 5.74) is 3.24. The minimum Gasteiger partial charge on any atom is -0.332 e. The van der Waals surface area contributed by atoms with Crippen molar-refractivity contribution >= 4 is 44.8 Å². The molecule has 0 bridgehead atoms. The van der Waals surface area contributed by atoms with Gasteiger partial charge in [-0.2, -0.15) is 0 Å². The average Bonchev–Trinajstić information content (AvgIpc) is 2.58. The minimum atomic E-state index is 0.505. The van der Waals surface area contributed by atoms with Crippen molar-refractivity contribution in [3.63, 3.8) is 0 Å². The maximum atomic E-state index is 5.34. The molecule has 0 aliphatic heterocycles. The van der Waals surface area contributed by atoms with Crippen molar-refractivity contribution in [2.45, 2.75) is 0 Å². The van der Waals surface area contributed by atoms with E-state index >= 15 is 0 Å². The van der Waals surface area contributed by atoms with E-state index in [0.717, 1.165) is 15.7 Å². The Morgan fingerprint density at radius 2 is 1.65 bits per heavy atom. The Morgan fingerprint density at radius 3 is 2.39 bits per heavy atom.